The summed E-state index contributed by atoms with van der Waals surface area (Å²) < 4.78 is 15.6. The monoisotopic (exact) mass is 364 g/mol. The van der Waals surface area contributed by atoms with Crippen LogP contribution in [0.5, 0.6) is 5.75 Å². The molecule has 1 N–H and O–H groups in total. The summed E-state index contributed by atoms with van der Waals surface area (Å²) in [5, 5.41) is 2.45. The van der Waals surface area contributed by atoms with Crippen molar-refractivity contribution in [3.8, 4) is 5.75 Å². The molecule has 8 heteroatoms. The van der Waals surface area contributed by atoms with Crippen LogP contribution in [-0.2, 0) is 19.1 Å². The lowest BCUT2D eigenvalue weighted by Gasteiger charge is -2.35. The first-order chi connectivity index (χ1) is 12.4. The van der Waals surface area contributed by atoms with E-state index in [9.17, 15) is 14.4 Å². The Bertz CT molecular complexity index is 653. The zero-order valence-electron chi connectivity index (χ0n) is 15.2. The van der Waals surface area contributed by atoms with Crippen molar-refractivity contribution in [3.05, 3.63) is 29.8 Å². The topological polar surface area (TPSA) is 94.2 Å². The maximum atomic E-state index is 12.1. The number of nitrogens with zero attached hydrogens (tertiary/aromatic N) is 1. The van der Waals surface area contributed by atoms with Crippen LogP contribution < -0.4 is 10.1 Å². The summed E-state index contributed by atoms with van der Waals surface area (Å²) in [5.41, 5.74) is 0.315. The Morgan fingerprint density at radius 3 is 2.50 bits per heavy atom. The maximum absolute atomic E-state index is 12.1. The van der Waals surface area contributed by atoms with Crippen LogP contribution in [0.4, 0.5) is 0 Å². The van der Waals surface area contributed by atoms with E-state index >= 15 is 0 Å². The lowest BCUT2D eigenvalue weighted by Crippen LogP contribution is -2.49. The van der Waals surface area contributed by atoms with E-state index in [4.69, 9.17) is 14.2 Å². The molecule has 1 aliphatic heterocycles. The second-order valence-corrected chi connectivity index (χ2v) is 6.10. The second-order valence-electron chi connectivity index (χ2n) is 6.10. The lowest BCUT2D eigenvalue weighted by atomic mass is 10.2. The number of esters is 1. The fourth-order valence-electron chi connectivity index (χ4n) is 2.75. The number of morpholine rings is 1. The molecule has 0 aromatic heterocycles. The standard InChI is InChI=1S/C18H24N2O6/c1-12-9-20(10-13(2)26-12)16(21)11-25-17(22)8-19-18(23)14-6-4-5-7-15(14)24-3/h4-7,12-13H,8-11H2,1-3H3,(H,19,23)/t12-,13-/m0/s1. The largest absolute Gasteiger partial charge is 0.496 e. The molecule has 0 radical (unpaired) electrons. The molecule has 0 saturated carbocycles. The molecular weight excluding hydrogens is 340 g/mol. The third kappa shape index (κ3) is 5.45. The van der Waals surface area contributed by atoms with Gasteiger partial charge in [-0.05, 0) is 26.0 Å². The summed E-state index contributed by atoms with van der Waals surface area (Å²) >= 11 is 0. The molecule has 0 bridgehead atoms. The van der Waals surface area contributed by atoms with Crippen molar-refractivity contribution in [2.24, 2.45) is 0 Å². The molecule has 0 spiro atoms. The van der Waals surface area contributed by atoms with Gasteiger partial charge in [0, 0.05) is 13.1 Å². The minimum Gasteiger partial charge on any atom is -0.496 e. The van der Waals surface area contributed by atoms with Gasteiger partial charge in [0.15, 0.2) is 6.61 Å². The zero-order chi connectivity index (χ0) is 19.1. The molecule has 2 amide bonds. The van der Waals surface area contributed by atoms with Gasteiger partial charge in [-0.25, -0.2) is 0 Å². The maximum Gasteiger partial charge on any atom is 0.325 e. The van der Waals surface area contributed by atoms with Crippen LogP contribution in [0.15, 0.2) is 24.3 Å². The van der Waals surface area contributed by atoms with Gasteiger partial charge in [0.05, 0.1) is 24.9 Å². The first kappa shape index (κ1) is 19.7. The SMILES string of the molecule is COc1ccccc1C(=O)NCC(=O)OCC(=O)N1C[C@H](C)O[C@@H](C)C1. The van der Waals surface area contributed by atoms with Crippen LogP contribution in [0.25, 0.3) is 0 Å². The van der Waals surface area contributed by atoms with Gasteiger partial charge in [-0.15, -0.1) is 0 Å². The van der Waals surface area contributed by atoms with Crippen LogP contribution in [0.2, 0.25) is 0 Å². The molecule has 1 heterocycles. The van der Waals surface area contributed by atoms with Crippen molar-refractivity contribution in [2.75, 3.05) is 33.4 Å². The third-order valence-electron chi connectivity index (χ3n) is 3.87. The average Bonchev–Trinajstić information content (AvgIpc) is 2.63. The van der Waals surface area contributed by atoms with E-state index in [0.29, 0.717) is 24.4 Å². The van der Waals surface area contributed by atoms with Crippen LogP contribution >= 0.6 is 0 Å². The van der Waals surface area contributed by atoms with E-state index in [2.05, 4.69) is 5.32 Å². The number of nitrogens with one attached hydrogen (secondary N) is 1. The second kappa shape index (κ2) is 9.19. The lowest BCUT2D eigenvalue weighted by molar-refractivity contribution is -0.156. The summed E-state index contributed by atoms with van der Waals surface area (Å²) in [6.45, 7) is 4.00. The van der Waals surface area contributed by atoms with Crippen molar-refractivity contribution in [1.29, 1.82) is 0 Å². The number of hydrogen-bond acceptors (Lipinski definition) is 6. The minimum atomic E-state index is -0.684. The Labute approximate surface area is 152 Å². The number of methoxy groups -OCH3 is 1. The zero-order valence-corrected chi connectivity index (χ0v) is 15.2. The summed E-state index contributed by atoms with van der Waals surface area (Å²) in [6, 6.07) is 6.67. The molecular formula is C18H24N2O6. The van der Waals surface area contributed by atoms with Gasteiger partial charge < -0.3 is 24.4 Å². The predicted molar refractivity (Wildman–Crippen MR) is 92.9 cm³/mol. The van der Waals surface area contributed by atoms with Gasteiger partial charge in [-0.3, -0.25) is 14.4 Å². The van der Waals surface area contributed by atoms with Crippen LogP contribution in [0.1, 0.15) is 24.2 Å². The number of ether oxygens (including phenoxy) is 3. The van der Waals surface area contributed by atoms with Gasteiger partial charge in [-0.1, -0.05) is 12.1 Å². The summed E-state index contributed by atoms with van der Waals surface area (Å²) in [7, 11) is 1.46. The average molecular weight is 364 g/mol. The Morgan fingerprint density at radius 1 is 1.19 bits per heavy atom. The van der Waals surface area contributed by atoms with Crippen LogP contribution in [0, 0.1) is 0 Å². The first-order valence-corrected chi connectivity index (χ1v) is 8.40. The van der Waals surface area contributed by atoms with Gasteiger partial charge in [0.1, 0.15) is 12.3 Å². The molecule has 0 unspecified atom stereocenters. The Hall–Kier alpha value is -2.61. The number of hydrogen-bond donors (Lipinski definition) is 1. The van der Waals surface area contributed by atoms with E-state index in [-0.39, 0.29) is 31.3 Å². The highest BCUT2D eigenvalue weighted by atomic mass is 16.5. The number of amides is 2. The quantitative estimate of drug-likeness (QED) is 0.743. The summed E-state index contributed by atoms with van der Waals surface area (Å²) in [4.78, 5) is 37.6. The van der Waals surface area contributed by atoms with Crippen molar-refractivity contribution in [2.45, 2.75) is 26.1 Å². The molecule has 0 aliphatic carbocycles. The predicted octanol–water partition coefficient (Wildman–Crippen LogP) is 0.604. The minimum absolute atomic E-state index is 0.0569. The number of benzene rings is 1. The van der Waals surface area contributed by atoms with E-state index in [0.717, 1.165) is 0 Å². The van der Waals surface area contributed by atoms with E-state index in [1.54, 1.807) is 29.2 Å². The molecule has 1 fully saturated rings. The van der Waals surface area contributed by atoms with Crippen molar-refractivity contribution in [3.63, 3.8) is 0 Å². The number of carbonyl (C=O) groups excluding carboxylic acids is 3. The number of para-hydroxylation sites is 1. The van der Waals surface area contributed by atoms with Gasteiger partial charge in [-0.2, -0.15) is 0 Å². The van der Waals surface area contributed by atoms with Crippen molar-refractivity contribution < 1.29 is 28.6 Å². The van der Waals surface area contributed by atoms with E-state index < -0.39 is 11.9 Å². The van der Waals surface area contributed by atoms with E-state index in [1.165, 1.54) is 7.11 Å². The highest BCUT2D eigenvalue weighted by Gasteiger charge is 2.26. The molecule has 1 aromatic carbocycles. The normalized spacial score (nSPS) is 19.6. The van der Waals surface area contributed by atoms with Crippen molar-refractivity contribution >= 4 is 17.8 Å². The highest BCUT2D eigenvalue weighted by molar-refractivity contribution is 5.98. The van der Waals surface area contributed by atoms with Crippen LogP contribution in [-0.4, -0.2) is 68.2 Å². The fourth-order valence-corrected chi connectivity index (χ4v) is 2.75. The highest BCUT2D eigenvalue weighted by Crippen LogP contribution is 2.16. The molecule has 8 nitrogen and oxygen atoms in total. The molecule has 2 rings (SSSR count). The number of carbonyl (C=O) groups is 3. The van der Waals surface area contributed by atoms with Gasteiger partial charge in [0.25, 0.3) is 11.8 Å². The molecule has 1 saturated heterocycles. The number of rotatable bonds is 6. The Balaban J connectivity index is 1.76. The first-order valence-electron chi connectivity index (χ1n) is 8.40. The molecule has 142 valence electrons. The smallest absolute Gasteiger partial charge is 0.325 e. The van der Waals surface area contributed by atoms with Gasteiger partial charge >= 0.3 is 5.97 Å². The molecule has 1 aliphatic rings. The fraction of sp³-hybridized carbons (Fsp3) is 0.500. The van der Waals surface area contributed by atoms with Gasteiger partial charge in [0.2, 0.25) is 0 Å². The Kier molecular flexibility index (Phi) is 6.97. The summed E-state index contributed by atoms with van der Waals surface area (Å²) in [5.74, 6) is -1.02. The Morgan fingerprint density at radius 2 is 1.85 bits per heavy atom. The van der Waals surface area contributed by atoms with E-state index in [1.807, 2.05) is 13.8 Å². The van der Waals surface area contributed by atoms with Crippen LogP contribution in [0.3, 0.4) is 0 Å². The molecule has 26 heavy (non-hydrogen) atoms. The summed E-state index contributed by atoms with van der Waals surface area (Å²) in [6.07, 6.45) is -0.114. The van der Waals surface area contributed by atoms with Crippen molar-refractivity contribution in [1.82, 2.24) is 10.2 Å². The molecule has 2 atom stereocenters. The molecule has 1 aromatic rings. The third-order valence-corrected chi connectivity index (χ3v) is 3.87.